The first-order chi connectivity index (χ1) is 5.68. The molecule has 0 aromatic carbocycles. The second-order valence-corrected chi connectivity index (χ2v) is 2.22. The van der Waals surface area contributed by atoms with Crippen LogP contribution in [0.25, 0.3) is 0 Å². The first kappa shape index (κ1) is 8.45. The van der Waals surface area contributed by atoms with Crippen molar-refractivity contribution in [1.29, 1.82) is 0 Å². The SMILES string of the molecule is Cc1ncc(OCC(N)=O)cn1. The molecule has 1 heterocycles. The van der Waals surface area contributed by atoms with Crippen LogP contribution in [0.3, 0.4) is 0 Å². The van der Waals surface area contributed by atoms with Gasteiger partial charge in [-0.2, -0.15) is 0 Å². The van der Waals surface area contributed by atoms with E-state index in [1.165, 1.54) is 12.4 Å². The van der Waals surface area contributed by atoms with Crippen LogP contribution in [0.15, 0.2) is 12.4 Å². The van der Waals surface area contributed by atoms with Crippen LogP contribution in [0.1, 0.15) is 5.82 Å². The number of hydrogen-bond acceptors (Lipinski definition) is 4. The van der Waals surface area contributed by atoms with E-state index in [9.17, 15) is 4.79 Å². The Morgan fingerprint density at radius 1 is 1.58 bits per heavy atom. The van der Waals surface area contributed by atoms with Crippen LogP contribution in [0, 0.1) is 6.92 Å². The zero-order valence-corrected chi connectivity index (χ0v) is 6.65. The Bertz CT molecular complexity index is 270. The molecule has 0 fully saturated rings. The number of amides is 1. The second-order valence-electron chi connectivity index (χ2n) is 2.22. The van der Waals surface area contributed by atoms with Crippen LogP contribution in [-0.4, -0.2) is 22.5 Å². The lowest BCUT2D eigenvalue weighted by Gasteiger charge is -2.01. The Labute approximate surface area is 69.6 Å². The summed E-state index contributed by atoms with van der Waals surface area (Å²) in [6.45, 7) is 1.62. The summed E-state index contributed by atoms with van der Waals surface area (Å²) in [6.07, 6.45) is 2.98. The Morgan fingerprint density at radius 3 is 2.67 bits per heavy atom. The van der Waals surface area contributed by atoms with Gasteiger partial charge in [-0.15, -0.1) is 0 Å². The van der Waals surface area contributed by atoms with Crippen molar-refractivity contribution in [2.75, 3.05) is 6.61 Å². The van der Waals surface area contributed by atoms with Gasteiger partial charge in [0, 0.05) is 0 Å². The Hall–Kier alpha value is -1.65. The van der Waals surface area contributed by atoms with E-state index < -0.39 is 5.91 Å². The standard InChI is InChI=1S/C7H9N3O2/c1-5-9-2-6(3-10-5)12-4-7(8)11/h2-3H,4H2,1H3,(H2,8,11). The van der Waals surface area contributed by atoms with E-state index in [0.717, 1.165) is 0 Å². The lowest BCUT2D eigenvalue weighted by Crippen LogP contribution is -2.20. The molecule has 0 saturated carbocycles. The maximum Gasteiger partial charge on any atom is 0.255 e. The predicted molar refractivity (Wildman–Crippen MR) is 41.5 cm³/mol. The van der Waals surface area contributed by atoms with Crippen LogP contribution in [0.4, 0.5) is 0 Å². The summed E-state index contributed by atoms with van der Waals surface area (Å²) in [5.74, 6) is 0.580. The highest BCUT2D eigenvalue weighted by Crippen LogP contribution is 2.04. The molecule has 64 valence electrons. The fourth-order valence-electron chi connectivity index (χ4n) is 0.610. The number of aromatic nitrogens is 2. The fourth-order valence-corrected chi connectivity index (χ4v) is 0.610. The molecule has 0 radical (unpaired) electrons. The predicted octanol–water partition coefficient (Wildman–Crippen LogP) is -0.351. The highest BCUT2D eigenvalue weighted by Gasteiger charge is 1.97. The van der Waals surface area contributed by atoms with Gasteiger partial charge in [0.25, 0.3) is 5.91 Å². The summed E-state index contributed by atoms with van der Waals surface area (Å²) in [5, 5.41) is 0. The molecule has 0 saturated heterocycles. The van der Waals surface area contributed by atoms with Crippen LogP contribution in [-0.2, 0) is 4.79 Å². The van der Waals surface area contributed by atoms with Crippen molar-refractivity contribution >= 4 is 5.91 Å². The maximum absolute atomic E-state index is 10.3. The third-order valence-corrected chi connectivity index (χ3v) is 1.14. The highest BCUT2D eigenvalue weighted by atomic mass is 16.5. The summed E-state index contributed by atoms with van der Waals surface area (Å²) in [4.78, 5) is 18.0. The molecular formula is C7H9N3O2. The molecule has 1 rings (SSSR count). The molecule has 1 aromatic rings. The maximum atomic E-state index is 10.3. The molecule has 2 N–H and O–H groups in total. The van der Waals surface area contributed by atoms with E-state index >= 15 is 0 Å². The molecule has 0 aliphatic heterocycles. The van der Waals surface area contributed by atoms with Crippen LogP contribution < -0.4 is 10.5 Å². The first-order valence-corrected chi connectivity index (χ1v) is 3.38. The Morgan fingerprint density at radius 2 is 2.17 bits per heavy atom. The number of nitrogens with zero attached hydrogens (tertiary/aromatic N) is 2. The molecule has 12 heavy (non-hydrogen) atoms. The van der Waals surface area contributed by atoms with E-state index in [0.29, 0.717) is 11.6 Å². The van der Waals surface area contributed by atoms with Crippen LogP contribution >= 0.6 is 0 Å². The van der Waals surface area contributed by atoms with Gasteiger partial charge in [0.1, 0.15) is 5.82 Å². The molecule has 1 amide bonds. The minimum atomic E-state index is -0.518. The van der Waals surface area contributed by atoms with E-state index in [1.54, 1.807) is 6.92 Å². The monoisotopic (exact) mass is 167 g/mol. The number of carbonyl (C=O) groups excluding carboxylic acids is 1. The van der Waals surface area contributed by atoms with Gasteiger partial charge >= 0.3 is 0 Å². The molecule has 5 heteroatoms. The molecule has 0 aliphatic carbocycles. The molecular weight excluding hydrogens is 158 g/mol. The Balaban J connectivity index is 2.53. The number of ether oxygens (including phenoxy) is 1. The van der Waals surface area contributed by atoms with Crippen molar-refractivity contribution in [2.45, 2.75) is 6.92 Å². The van der Waals surface area contributed by atoms with Gasteiger partial charge in [-0.1, -0.05) is 0 Å². The number of aryl methyl sites for hydroxylation is 1. The summed E-state index contributed by atoms with van der Waals surface area (Å²) < 4.78 is 4.92. The van der Waals surface area contributed by atoms with Gasteiger partial charge in [0.15, 0.2) is 12.4 Å². The summed E-state index contributed by atoms with van der Waals surface area (Å²) in [6, 6.07) is 0. The highest BCUT2D eigenvalue weighted by molar-refractivity contribution is 5.75. The van der Waals surface area contributed by atoms with Gasteiger partial charge in [0.2, 0.25) is 0 Å². The van der Waals surface area contributed by atoms with Gasteiger partial charge in [-0.25, -0.2) is 9.97 Å². The van der Waals surface area contributed by atoms with Gasteiger partial charge in [-0.05, 0) is 6.92 Å². The fraction of sp³-hybridized carbons (Fsp3) is 0.286. The molecule has 0 bridgehead atoms. The third-order valence-electron chi connectivity index (χ3n) is 1.14. The quantitative estimate of drug-likeness (QED) is 0.667. The number of rotatable bonds is 3. The molecule has 1 aromatic heterocycles. The second kappa shape index (κ2) is 3.66. The van der Waals surface area contributed by atoms with Crippen molar-refractivity contribution in [3.8, 4) is 5.75 Å². The van der Waals surface area contributed by atoms with E-state index in [2.05, 4.69) is 9.97 Å². The van der Waals surface area contributed by atoms with Crippen molar-refractivity contribution in [2.24, 2.45) is 5.73 Å². The average Bonchev–Trinajstić information content (AvgIpc) is 2.03. The summed E-state index contributed by atoms with van der Waals surface area (Å²) >= 11 is 0. The van der Waals surface area contributed by atoms with Crippen LogP contribution in [0.2, 0.25) is 0 Å². The topological polar surface area (TPSA) is 78.1 Å². The minimum absolute atomic E-state index is 0.146. The van der Waals surface area contributed by atoms with E-state index in [1.807, 2.05) is 0 Å². The zero-order valence-electron chi connectivity index (χ0n) is 6.65. The van der Waals surface area contributed by atoms with Crippen molar-refractivity contribution in [3.05, 3.63) is 18.2 Å². The number of primary amides is 1. The first-order valence-electron chi connectivity index (χ1n) is 3.38. The van der Waals surface area contributed by atoms with E-state index in [4.69, 9.17) is 10.5 Å². The molecule has 0 unspecified atom stereocenters. The molecule has 0 aliphatic rings. The summed E-state index contributed by atoms with van der Waals surface area (Å²) in [5.41, 5.74) is 4.87. The number of hydrogen-bond donors (Lipinski definition) is 1. The lowest BCUT2D eigenvalue weighted by atomic mass is 10.5. The lowest BCUT2D eigenvalue weighted by molar-refractivity contribution is -0.119. The van der Waals surface area contributed by atoms with Gasteiger partial charge in [0.05, 0.1) is 12.4 Å². The van der Waals surface area contributed by atoms with Gasteiger partial charge in [-0.3, -0.25) is 4.79 Å². The Kier molecular flexibility index (Phi) is 2.57. The molecule has 5 nitrogen and oxygen atoms in total. The molecule has 0 spiro atoms. The number of nitrogens with two attached hydrogens (primary N) is 1. The smallest absolute Gasteiger partial charge is 0.255 e. The van der Waals surface area contributed by atoms with Crippen LogP contribution in [0.5, 0.6) is 5.75 Å². The van der Waals surface area contributed by atoms with Crippen molar-refractivity contribution in [1.82, 2.24) is 9.97 Å². The largest absolute Gasteiger partial charge is 0.481 e. The van der Waals surface area contributed by atoms with Gasteiger partial charge < -0.3 is 10.5 Å². The van der Waals surface area contributed by atoms with E-state index in [-0.39, 0.29) is 6.61 Å². The zero-order chi connectivity index (χ0) is 8.97. The van der Waals surface area contributed by atoms with Crippen molar-refractivity contribution in [3.63, 3.8) is 0 Å². The number of carbonyl (C=O) groups is 1. The minimum Gasteiger partial charge on any atom is -0.481 e. The average molecular weight is 167 g/mol. The summed E-state index contributed by atoms with van der Waals surface area (Å²) in [7, 11) is 0. The normalized spacial score (nSPS) is 9.42. The third kappa shape index (κ3) is 2.53. The van der Waals surface area contributed by atoms with Crippen molar-refractivity contribution < 1.29 is 9.53 Å². The molecule has 0 atom stereocenters.